The molecule has 1 saturated heterocycles. The summed E-state index contributed by atoms with van der Waals surface area (Å²) in [6, 6.07) is 15.6. The average Bonchev–Trinajstić information content (AvgIpc) is 3.08. The SMILES string of the molecule is N=C(N)c1ccc(CN(NC(=O)C(N)Cc2ccccc2)C(=O)N2CCCCCC2)cc1. The number of nitrogens with zero attached hydrogens (tertiary/aromatic N) is 2. The van der Waals surface area contributed by atoms with Crippen molar-refractivity contribution in [3.63, 3.8) is 0 Å². The fourth-order valence-corrected chi connectivity index (χ4v) is 3.74. The van der Waals surface area contributed by atoms with Gasteiger partial charge in [-0.3, -0.25) is 15.6 Å². The van der Waals surface area contributed by atoms with Crippen molar-refractivity contribution >= 4 is 17.8 Å². The summed E-state index contributed by atoms with van der Waals surface area (Å²) in [6.45, 7) is 1.53. The van der Waals surface area contributed by atoms with Crippen molar-refractivity contribution in [2.45, 2.75) is 44.7 Å². The number of nitrogens with two attached hydrogens (primary N) is 2. The smallest absolute Gasteiger partial charge is 0.339 e. The van der Waals surface area contributed by atoms with Crippen molar-refractivity contribution in [3.05, 3.63) is 71.3 Å². The van der Waals surface area contributed by atoms with Crippen LogP contribution in [0.1, 0.15) is 42.4 Å². The third kappa shape index (κ3) is 6.55. The number of nitrogens with one attached hydrogen (secondary N) is 2. The van der Waals surface area contributed by atoms with Crippen molar-refractivity contribution in [1.82, 2.24) is 15.3 Å². The molecule has 0 aromatic heterocycles. The van der Waals surface area contributed by atoms with Crippen molar-refractivity contribution in [1.29, 1.82) is 5.41 Å². The molecule has 1 heterocycles. The Kier molecular flexibility index (Phi) is 8.21. The molecule has 1 atom stereocenters. The van der Waals surface area contributed by atoms with E-state index >= 15 is 0 Å². The molecule has 8 nitrogen and oxygen atoms in total. The summed E-state index contributed by atoms with van der Waals surface area (Å²) in [4.78, 5) is 27.9. The topological polar surface area (TPSA) is 129 Å². The van der Waals surface area contributed by atoms with Crippen molar-refractivity contribution in [2.75, 3.05) is 13.1 Å². The maximum atomic E-state index is 13.3. The molecule has 6 N–H and O–H groups in total. The van der Waals surface area contributed by atoms with Crippen LogP contribution in [0.5, 0.6) is 0 Å². The number of hydrogen-bond donors (Lipinski definition) is 4. The van der Waals surface area contributed by atoms with Gasteiger partial charge in [-0.2, -0.15) is 0 Å². The van der Waals surface area contributed by atoms with Gasteiger partial charge in [-0.15, -0.1) is 0 Å². The summed E-state index contributed by atoms with van der Waals surface area (Å²) in [5.41, 5.74) is 16.8. The summed E-state index contributed by atoms with van der Waals surface area (Å²) >= 11 is 0. The lowest BCUT2D eigenvalue weighted by molar-refractivity contribution is -0.126. The zero-order valence-corrected chi connectivity index (χ0v) is 18.3. The van der Waals surface area contributed by atoms with Gasteiger partial charge in [0.15, 0.2) is 0 Å². The highest BCUT2D eigenvalue weighted by molar-refractivity contribution is 5.94. The molecule has 8 heteroatoms. The molecule has 0 bridgehead atoms. The number of nitrogen functional groups attached to an aromatic ring is 1. The van der Waals surface area contributed by atoms with Crippen molar-refractivity contribution in [2.24, 2.45) is 11.5 Å². The van der Waals surface area contributed by atoms with Gasteiger partial charge >= 0.3 is 6.03 Å². The van der Waals surface area contributed by atoms with E-state index in [1.165, 1.54) is 5.01 Å². The Morgan fingerprint density at radius 3 is 2.19 bits per heavy atom. The zero-order chi connectivity index (χ0) is 22.9. The van der Waals surface area contributed by atoms with E-state index in [2.05, 4.69) is 5.43 Å². The van der Waals surface area contributed by atoms with E-state index in [4.69, 9.17) is 16.9 Å². The molecule has 2 aromatic carbocycles. The van der Waals surface area contributed by atoms with Gasteiger partial charge < -0.3 is 16.4 Å². The third-order valence-corrected chi connectivity index (χ3v) is 5.59. The van der Waals surface area contributed by atoms with E-state index < -0.39 is 11.9 Å². The summed E-state index contributed by atoms with van der Waals surface area (Å²) in [6.07, 6.45) is 4.49. The van der Waals surface area contributed by atoms with Crippen molar-refractivity contribution < 1.29 is 9.59 Å². The molecule has 2 aromatic rings. The van der Waals surface area contributed by atoms with Gasteiger partial charge in [-0.25, -0.2) is 9.80 Å². The molecule has 0 saturated carbocycles. The number of hydrazine groups is 1. The lowest BCUT2D eigenvalue weighted by Crippen LogP contribution is -2.55. The first kappa shape index (κ1) is 23.3. The van der Waals surface area contributed by atoms with E-state index in [0.29, 0.717) is 25.1 Å². The van der Waals surface area contributed by atoms with Gasteiger partial charge in [0.25, 0.3) is 5.91 Å². The Morgan fingerprint density at radius 2 is 1.59 bits per heavy atom. The van der Waals surface area contributed by atoms with Gasteiger partial charge in [0.2, 0.25) is 0 Å². The summed E-state index contributed by atoms with van der Waals surface area (Å²) in [5.74, 6) is -0.424. The van der Waals surface area contributed by atoms with Crippen LogP contribution in [0.3, 0.4) is 0 Å². The zero-order valence-electron chi connectivity index (χ0n) is 18.3. The summed E-state index contributed by atoms with van der Waals surface area (Å²) in [5, 5.41) is 8.89. The molecule has 0 aliphatic carbocycles. The predicted molar refractivity (Wildman–Crippen MR) is 125 cm³/mol. The first-order valence-electron chi connectivity index (χ1n) is 11.0. The molecule has 1 aliphatic heterocycles. The largest absolute Gasteiger partial charge is 0.384 e. The monoisotopic (exact) mass is 436 g/mol. The van der Waals surface area contributed by atoms with Crippen LogP contribution in [0.2, 0.25) is 0 Å². The van der Waals surface area contributed by atoms with Crippen LogP contribution in [-0.4, -0.2) is 46.8 Å². The van der Waals surface area contributed by atoms with Crippen LogP contribution in [0, 0.1) is 5.41 Å². The number of benzene rings is 2. The lowest BCUT2D eigenvalue weighted by atomic mass is 10.1. The molecular weight excluding hydrogens is 404 g/mol. The van der Waals surface area contributed by atoms with Crippen LogP contribution in [0.25, 0.3) is 0 Å². The number of carbonyl (C=O) groups excluding carboxylic acids is 2. The molecule has 32 heavy (non-hydrogen) atoms. The summed E-state index contributed by atoms with van der Waals surface area (Å²) in [7, 11) is 0. The maximum absolute atomic E-state index is 13.3. The molecule has 170 valence electrons. The van der Waals surface area contributed by atoms with E-state index in [-0.39, 0.29) is 18.4 Å². The summed E-state index contributed by atoms with van der Waals surface area (Å²) < 4.78 is 0. The fourth-order valence-electron chi connectivity index (χ4n) is 3.74. The quantitative estimate of drug-likeness (QED) is 0.315. The second-order valence-electron chi connectivity index (χ2n) is 8.15. The lowest BCUT2D eigenvalue weighted by Gasteiger charge is -2.31. The Hall–Kier alpha value is -3.39. The minimum Gasteiger partial charge on any atom is -0.384 e. The molecule has 3 rings (SSSR count). The molecule has 1 aliphatic rings. The first-order chi connectivity index (χ1) is 15.4. The predicted octanol–water partition coefficient (Wildman–Crippen LogP) is 2.37. The van der Waals surface area contributed by atoms with Crippen molar-refractivity contribution in [3.8, 4) is 0 Å². The number of rotatable bonds is 6. The number of amides is 3. The van der Waals surface area contributed by atoms with E-state index in [1.807, 2.05) is 30.3 Å². The third-order valence-electron chi connectivity index (χ3n) is 5.59. The number of amidine groups is 1. The Labute approximate surface area is 189 Å². The van der Waals surface area contributed by atoms with Gasteiger partial charge in [-0.05, 0) is 30.4 Å². The number of likely N-dealkylation sites (tertiary alicyclic amines) is 1. The maximum Gasteiger partial charge on any atom is 0.339 e. The molecule has 1 unspecified atom stereocenters. The number of urea groups is 1. The minimum absolute atomic E-state index is 0.0192. The highest BCUT2D eigenvalue weighted by Gasteiger charge is 2.25. The molecular formula is C24H32N6O2. The Bertz CT molecular complexity index is 908. The molecule has 0 radical (unpaired) electrons. The minimum atomic E-state index is -0.781. The normalized spacial score (nSPS) is 14.8. The average molecular weight is 437 g/mol. The second-order valence-corrected chi connectivity index (χ2v) is 8.15. The number of carbonyl (C=O) groups is 2. The molecule has 1 fully saturated rings. The second kappa shape index (κ2) is 11.3. The Morgan fingerprint density at radius 1 is 0.969 bits per heavy atom. The fraction of sp³-hybridized carbons (Fsp3) is 0.375. The highest BCUT2D eigenvalue weighted by Crippen LogP contribution is 2.14. The van der Waals surface area contributed by atoms with Crippen LogP contribution in [0.15, 0.2) is 54.6 Å². The van der Waals surface area contributed by atoms with Crippen LogP contribution in [-0.2, 0) is 17.8 Å². The van der Waals surface area contributed by atoms with Crippen LogP contribution < -0.4 is 16.9 Å². The van der Waals surface area contributed by atoms with Crippen LogP contribution >= 0.6 is 0 Å². The first-order valence-corrected chi connectivity index (χ1v) is 11.0. The van der Waals surface area contributed by atoms with E-state index in [9.17, 15) is 9.59 Å². The van der Waals surface area contributed by atoms with Gasteiger partial charge in [-0.1, -0.05) is 67.4 Å². The molecule has 0 spiro atoms. The Balaban J connectivity index is 1.73. The van der Waals surface area contributed by atoms with E-state index in [1.54, 1.807) is 29.2 Å². The van der Waals surface area contributed by atoms with Crippen LogP contribution in [0.4, 0.5) is 4.79 Å². The van der Waals surface area contributed by atoms with Gasteiger partial charge in [0.1, 0.15) is 5.84 Å². The highest BCUT2D eigenvalue weighted by atomic mass is 16.2. The van der Waals surface area contributed by atoms with Gasteiger partial charge in [0, 0.05) is 18.7 Å². The number of hydrogen-bond acceptors (Lipinski definition) is 4. The van der Waals surface area contributed by atoms with E-state index in [0.717, 1.165) is 36.8 Å². The molecule has 3 amide bonds. The standard InChI is InChI=1S/C24H32N6O2/c25-21(16-18-8-4-3-5-9-18)23(31)28-30(24(32)29-14-6-1-2-7-15-29)17-19-10-12-20(13-11-19)22(26)27/h3-5,8-13,21H,1-2,6-7,14-17,25H2,(H3,26,27)(H,28,31). The van der Waals surface area contributed by atoms with Gasteiger partial charge in [0.05, 0.1) is 12.6 Å².